The third-order valence-corrected chi connectivity index (χ3v) is 5.31. The van der Waals surface area contributed by atoms with Crippen LogP contribution in [0.15, 0.2) is 36.7 Å². The first-order valence-corrected chi connectivity index (χ1v) is 10.5. The Hall–Kier alpha value is -3.01. The molecule has 2 unspecified atom stereocenters. The average molecular weight is 445 g/mol. The smallest absolute Gasteiger partial charge is 0.237 e. The fourth-order valence-electron chi connectivity index (χ4n) is 3.47. The molecule has 0 saturated carbocycles. The highest BCUT2D eigenvalue weighted by Crippen LogP contribution is 2.32. The zero-order valence-electron chi connectivity index (χ0n) is 18.2. The molecular weight excluding hydrogens is 415 g/mol. The van der Waals surface area contributed by atoms with Gasteiger partial charge >= 0.3 is 0 Å². The van der Waals surface area contributed by atoms with Crippen molar-refractivity contribution in [1.29, 1.82) is 0 Å². The van der Waals surface area contributed by atoms with Gasteiger partial charge in [-0.25, -0.2) is 9.37 Å². The van der Waals surface area contributed by atoms with Crippen LogP contribution in [-0.4, -0.2) is 46.8 Å². The molecular formula is C23H29FN4O4. The number of rotatable bonds is 11. The monoisotopic (exact) mass is 444 g/mol. The van der Waals surface area contributed by atoms with Crippen LogP contribution in [0, 0.1) is 5.82 Å². The average Bonchev–Trinajstić information content (AvgIpc) is 3.22. The van der Waals surface area contributed by atoms with Crippen molar-refractivity contribution in [3.05, 3.63) is 53.6 Å². The maximum Gasteiger partial charge on any atom is 0.237 e. The number of ether oxygens (including phenoxy) is 2. The topological polar surface area (TPSA) is 122 Å². The summed E-state index contributed by atoms with van der Waals surface area (Å²) in [5, 5.41) is 13.0. The van der Waals surface area contributed by atoms with Gasteiger partial charge in [0.05, 0.1) is 18.0 Å². The van der Waals surface area contributed by atoms with Gasteiger partial charge in [-0.05, 0) is 43.0 Å². The van der Waals surface area contributed by atoms with Gasteiger partial charge in [-0.3, -0.25) is 4.79 Å². The minimum absolute atomic E-state index is 0.0181. The standard InChI is InChI=1S/C23H29FN4O4/c1-3-16(7-9-31-2)28-23(30)18(25)11-14-4-5-19(17(24)10-14)32-20-6-8-26-22-21(20)15(13-29)12-27-22/h4-6,8,10,12,16,18,29H,3,7,9,11,13,25H2,1-2H3,(H,26,27)(H,28,30). The Balaban J connectivity index is 1.68. The van der Waals surface area contributed by atoms with Crippen LogP contribution in [0.1, 0.15) is 30.9 Å². The third-order valence-electron chi connectivity index (χ3n) is 5.31. The van der Waals surface area contributed by atoms with Gasteiger partial charge in [0.15, 0.2) is 11.6 Å². The normalized spacial score (nSPS) is 13.2. The number of nitrogens with one attached hydrogen (secondary N) is 2. The second-order valence-corrected chi connectivity index (χ2v) is 7.58. The van der Waals surface area contributed by atoms with E-state index in [1.807, 2.05) is 6.92 Å². The van der Waals surface area contributed by atoms with Gasteiger partial charge < -0.3 is 30.6 Å². The molecule has 0 bridgehead atoms. The first-order chi connectivity index (χ1) is 15.5. The molecule has 0 aliphatic carbocycles. The van der Waals surface area contributed by atoms with E-state index >= 15 is 0 Å². The number of methoxy groups -OCH3 is 1. The van der Waals surface area contributed by atoms with Crippen LogP contribution in [0.2, 0.25) is 0 Å². The number of carbonyl (C=O) groups excluding carboxylic acids is 1. The molecule has 0 saturated heterocycles. The number of H-pyrrole nitrogens is 1. The minimum Gasteiger partial charge on any atom is -0.453 e. The van der Waals surface area contributed by atoms with Crippen molar-refractivity contribution in [3.63, 3.8) is 0 Å². The predicted octanol–water partition coefficient (Wildman–Crippen LogP) is 2.79. The molecule has 8 nitrogen and oxygen atoms in total. The lowest BCUT2D eigenvalue weighted by atomic mass is 10.0. The van der Waals surface area contributed by atoms with Gasteiger partial charge in [0.2, 0.25) is 5.91 Å². The van der Waals surface area contributed by atoms with Gasteiger partial charge in [0, 0.05) is 37.7 Å². The molecule has 0 aliphatic rings. The Kier molecular flexibility index (Phi) is 8.15. The summed E-state index contributed by atoms with van der Waals surface area (Å²) in [5.41, 5.74) is 7.77. The Morgan fingerprint density at radius 3 is 2.84 bits per heavy atom. The van der Waals surface area contributed by atoms with Gasteiger partial charge in [-0.2, -0.15) is 0 Å². The largest absolute Gasteiger partial charge is 0.453 e. The number of hydrogen-bond donors (Lipinski definition) is 4. The van der Waals surface area contributed by atoms with Crippen molar-refractivity contribution in [1.82, 2.24) is 15.3 Å². The summed E-state index contributed by atoms with van der Waals surface area (Å²) >= 11 is 0. The highest BCUT2D eigenvalue weighted by atomic mass is 19.1. The number of aliphatic hydroxyl groups is 1. The number of aliphatic hydroxyl groups excluding tert-OH is 1. The Bertz CT molecular complexity index is 1060. The SMILES string of the molecule is CCC(CCOC)NC(=O)C(N)Cc1ccc(Oc2ccnc3[nH]cc(CO)c23)c(F)c1. The number of aromatic amines is 1. The zero-order valence-corrected chi connectivity index (χ0v) is 18.2. The molecule has 2 atom stereocenters. The quantitative estimate of drug-likeness (QED) is 0.361. The van der Waals surface area contributed by atoms with Crippen LogP contribution < -0.4 is 15.8 Å². The molecule has 172 valence electrons. The van der Waals surface area contributed by atoms with Gasteiger partial charge in [0.1, 0.15) is 11.4 Å². The Morgan fingerprint density at radius 1 is 1.34 bits per heavy atom. The molecule has 0 radical (unpaired) electrons. The molecule has 2 aromatic heterocycles. The van der Waals surface area contributed by atoms with Gasteiger partial charge in [-0.1, -0.05) is 13.0 Å². The van der Waals surface area contributed by atoms with Crippen molar-refractivity contribution in [2.24, 2.45) is 5.73 Å². The number of halogens is 1. The zero-order chi connectivity index (χ0) is 23.1. The summed E-state index contributed by atoms with van der Waals surface area (Å²) < 4.78 is 25.6. The second kappa shape index (κ2) is 11.0. The summed E-state index contributed by atoms with van der Waals surface area (Å²) in [4.78, 5) is 19.5. The molecule has 1 amide bonds. The molecule has 0 aliphatic heterocycles. The molecule has 3 aromatic rings. The van der Waals surface area contributed by atoms with E-state index in [4.69, 9.17) is 15.2 Å². The van der Waals surface area contributed by atoms with Gasteiger partial charge in [-0.15, -0.1) is 0 Å². The summed E-state index contributed by atoms with van der Waals surface area (Å²) in [5.74, 6) is -0.454. The molecule has 5 N–H and O–H groups in total. The van der Waals surface area contributed by atoms with Crippen molar-refractivity contribution in [2.75, 3.05) is 13.7 Å². The van der Waals surface area contributed by atoms with E-state index in [1.54, 1.807) is 25.4 Å². The predicted molar refractivity (Wildman–Crippen MR) is 119 cm³/mol. The number of benzene rings is 1. The highest BCUT2D eigenvalue weighted by Gasteiger charge is 2.19. The fraction of sp³-hybridized carbons (Fsp3) is 0.391. The van der Waals surface area contributed by atoms with Crippen molar-refractivity contribution < 1.29 is 23.8 Å². The number of amides is 1. The van der Waals surface area contributed by atoms with Crippen molar-refractivity contribution in [3.8, 4) is 11.5 Å². The number of fused-ring (bicyclic) bond motifs is 1. The van der Waals surface area contributed by atoms with Crippen molar-refractivity contribution in [2.45, 2.75) is 44.9 Å². The molecule has 2 heterocycles. The molecule has 0 fully saturated rings. The van der Waals surface area contributed by atoms with Crippen LogP contribution in [0.25, 0.3) is 11.0 Å². The number of carbonyl (C=O) groups is 1. The third kappa shape index (κ3) is 5.61. The Morgan fingerprint density at radius 2 is 2.16 bits per heavy atom. The summed E-state index contributed by atoms with van der Waals surface area (Å²) in [6, 6.07) is 5.28. The maximum atomic E-state index is 14.7. The number of pyridine rings is 1. The summed E-state index contributed by atoms with van der Waals surface area (Å²) in [7, 11) is 1.61. The lowest BCUT2D eigenvalue weighted by Gasteiger charge is -2.19. The van der Waals surface area contributed by atoms with E-state index in [0.717, 1.165) is 6.42 Å². The van der Waals surface area contributed by atoms with E-state index in [0.29, 0.717) is 40.9 Å². The lowest BCUT2D eigenvalue weighted by Crippen LogP contribution is -2.46. The number of hydrogen-bond acceptors (Lipinski definition) is 6. The highest BCUT2D eigenvalue weighted by molar-refractivity contribution is 5.86. The maximum absolute atomic E-state index is 14.7. The van der Waals surface area contributed by atoms with Crippen LogP contribution >= 0.6 is 0 Å². The number of aromatic nitrogens is 2. The fourth-order valence-corrected chi connectivity index (χ4v) is 3.47. The summed E-state index contributed by atoms with van der Waals surface area (Å²) in [6.07, 6.45) is 4.83. The van der Waals surface area contributed by atoms with E-state index in [1.165, 1.54) is 18.3 Å². The minimum atomic E-state index is -0.801. The molecule has 0 spiro atoms. The van der Waals surface area contributed by atoms with Crippen LogP contribution in [-0.2, 0) is 22.6 Å². The van der Waals surface area contributed by atoms with Gasteiger partial charge in [0.25, 0.3) is 0 Å². The first-order valence-electron chi connectivity index (χ1n) is 10.5. The van der Waals surface area contributed by atoms with E-state index in [9.17, 15) is 14.3 Å². The van der Waals surface area contributed by atoms with E-state index < -0.39 is 11.9 Å². The first kappa shape index (κ1) is 23.6. The van der Waals surface area contributed by atoms with Crippen LogP contribution in [0.4, 0.5) is 4.39 Å². The second-order valence-electron chi connectivity index (χ2n) is 7.58. The molecule has 32 heavy (non-hydrogen) atoms. The van der Waals surface area contributed by atoms with Crippen LogP contribution in [0.5, 0.6) is 11.5 Å². The summed E-state index contributed by atoms with van der Waals surface area (Å²) in [6.45, 7) is 2.33. The van der Waals surface area contributed by atoms with E-state index in [-0.39, 0.29) is 30.7 Å². The lowest BCUT2D eigenvalue weighted by molar-refractivity contribution is -0.123. The number of nitrogens with zero attached hydrogens (tertiary/aromatic N) is 1. The van der Waals surface area contributed by atoms with Crippen molar-refractivity contribution >= 4 is 16.9 Å². The molecule has 9 heteroatoms. The Labute approximate surface area is 185 Å². The molecule has 3 rings (SSSR count). The number of nitrogens with two attached hydrogens (primary N) is 1. The van der Waals surface area contributed by atoms with E-state index in [2.05, 4.69) is 15.3 Å². The molecule has 1 aromatic carbocycles. The van der Waals surface area contributed by atoms with Crippen LogP contribution in [0.3, 0.4) is 0 Å².